The van der Waals surface area contributed by atoms with Crippen molar-refractivity contribution < 1.29 is 13.2 Å². The van der Waals surface area contributed by atoms with Gasteiger partial charge >= 0.3 is 0 Å². The predicted octanol–water partition coefficient (Wildman–Crippen LogP) is 1.96. The third kappa shape index (κ3) is 2.31. The maximum atomic E-state index is 12.2. The number of rotatable bonds is 3. The van der Waals surface area contributed by atoms with Crippen LogP contribution >= 0.6 is 0 Å². The second-order valence-electron chi connectivity index (χ2n) is 5.74. The Morgan fingerprint density at radius 1 is 1.25 bits per heavy atom. The molecule has 0 heterocycles. The van der Waals surface area contributed by atoms with Gasteiger partial charge in [0.25, 0.3) is 0 Å². The lowest BCUT2D eigenvalue weighted by Gasteiger charge is -2.28. The second kappa shape index (κ2) is 3.83. The summed E-state index contributed by atoms with van der Waals surface area (Å²) >= 11 is 0. The summed E-state index contributed by atoms with van der Waals surface area (Å²) in [7, 11) is -2.97. The average molecular weight is 244 g/mol. The summed E-state index contributed by atoms with van der Waals surface area (Å²) in [6.45, 7) is 2.01. The fourth-order valence-electron chi connectivity index (χ4n) is 2.70. The van der Waals surface area contributed by atoms with Crippen molar-refractivity contribution in [2.75, 3.05) is 6.26 Å². The molecular formula is C12H20O3S. The molecule has 2 saturated carbocycles. The van der Waals surface area contributed by atoms with E-state index in [9.17, 15) is 13.2 Å². The Balaban J connectivity index is 2.05. The van der Waals surface area contributed by atoms with E-state index in [1.54, 1.807) is 0 Å². The second-order valence-corrected chi connectivity index (χ2v) is 8.07. The molecule has 2 atom stereocenters. The van der Waals surface area contributed by atoms with Crippen molar-refractivity contribution >= 4 is 15.6 Å². The van der Waals surface area contributed by atoms with Crippen LogP contribution in [-0.4, -0.2) is 25.7 Å². The van der Waals surface area contributed by atoms with Crippen molar-refractivity contribution in [3.63, 3.8) is 0 Å². The molecule has 0 saturated heterocycles. The molecule has 0 N–H and O–H groups in total. The maximum Gasteiger partial charge on any atom is 0.150 e. The quantitative estimate of drug-likeness (QED) is 0.762. The highest BCUT2D eigenvalue weighted by Crippen LogP contribution is 2.49. The third-order valence-corrected chi connectivity index (χ3v) is 5.84. The standard InChI is InChI=1S/C12H20O3S/c1-12(6-7-12)11(13)9-4-3-5-10(8-9)16(2,14)15/h9-10H,3-8H2,1-2H3. The number of carbonyl (C=O) groups is 1. The van der Waals surface area contributed by atoms with Crippen LogP contribution in [0.2, 0.25) is 0 Å². The molecule has 4 heteroatoms. The number of Topliss-reactive ketones (excluding diaryl/α,β-unsaturated/α-hetero) is 1. The van der Waals surface area contributed by atoms with Crippen LogP contribution < -0.4 is 0 Å². The zero-order valence-corrected chi connectivity index (χ0v) is 10.8. The molecule has 16 heavy (non-hydrogen) atoms. The highest BCUT2D eigenvalue weighted by atomic mass is 32.2. The molecule has 0 aromatic carbocycles. The SMILES string of the molecule is CC1(C(=O)C2CCCC(S(C)(=O)=O)C2)CC1. The molecule has 0 aromatic heterocycles. The van der Waals surface area contributed by atoms with E-state index in [0.29, 0.717) is 12.2 Å². The Kier molecular flexibility index (Phi) is 2.89. The first-order chi connectivity index (χ1) is 7.33. The van der Waals surface area contributed by atoms with Gasteiger partial charge in [-0.3, -0.25) is 4.79 Å². The minimum Gasteiger partial charge on any atom is -0.299 e. The summed E-state index contributed by atoms with van der Waals surface area (Å²) in [6, 6.07) is 0. The van der Waals surface area contributed by atoms with E-state index in [-0.39, 0.29) is 16.6 Å². The smallest absolute Gasteiger partial charge is 0.150 e. The lowest BCUT2D eigenvalue weighted by molar-refractivity contribution is -0.128. The highest BCUT2D eigenvalue weighted by Gasteiger charge is 2.48. The minimum atomic E-state index is -2.97. The van der Waals surface area contributed by atoms with Gasteiger partial charge in [-0.2, -0.15) is 0 Å². The van der Waals surface area contributed by atoms with Crippen LogP contribution in [0, 0.1) is 11.3 Å². The molecule has 92 valence electrons. The summed E-state index contributed by atoms with van der Waals surface area (Å²) in [5, 5.41) is -0.280. The molecule has 0 aliphatic heterocycles. The van der Waals surface area contributed by atoms with E-state index in [0.717, 1.165) is 32.1 Å². The number of hydrogen-bond acceptors (Lipinski definition) is 3. The number of ketones is 1. The Bertz CT molecular complexity index is 392. The molecule has 2 fully saturated rings. The van der Waals surface area contributed by atoms with Gasteiger partial charge in [-0.1, -0.05) is 13.3 Å². The number of carbonyl (C=O) groups excluding carboxylic acids is 1. The Morgan fingerprint density at radius 3 is 2.38 bits per heavy atom. The van der Waals surface area contributed by atoms with Crippen molar-refractivity contribution in [1.29, 1.82) is 0 Å². The largest absolute Gasteiger partial charge is 0.299 e. The molecule has 2 aliphatic carbocycles. The predicted molar refractivity (Wildman–Crippen MR) is 62.9 cm³/mol. The van der Waals surface area contributed by atoms with E-state index in [4.69, 9.17) is 0 Å². The lowest BCUT2D eigenvalue weighted by atomic mass is 9.80. The van der Waals surface area contributed by atoms with Crippen LogP contribution in [0.1, 0.15) is 45.4 Å². The first kappa shape index (κ1) is 12.1. The molecule has 0 aromatic rings. The van der Waals surface area contributed by atoms with Crippen molar-refractivity contribution in [2.24, 2.45) is 11.3 Å². The summed E-state index contributed by atoms with van der Waals surface area (Å²) in [5.41, 5.74) is -0.107. The molecule has 2 unspecified atom stereocenters. The van der Waals surface area contributed by atoms with Crippen molar-refractivity contribution in [3.8, 4) is 0 Å². The fourth-order valence-corrected chi connectivity index (χ4v) is 3.88. The minimum absolute atomic E-state index is 0.000903. The summed E-state index contributed by atoms with van der Waals surface area (Å²) in [6.07, 6.45) is 6.35. The van der Waals surface area contributed by atoms with Crippen LogP contribution in [0.15, 0.2) is 0 Å². The van der Waals surface area contributed by atoms with Gasteiger partial charge in [-0.25, -0.2) is 8.42 Å². The molecule has 3 nitrogen and oxygen atoms in total. The topological polar surface area (TPSA) is 51.2 Å². The first-order valence-corrected chi connectivity index (χ1v) is 8.01. The van der Waals surface area contributed by atoms with E-state index in [1.807, 2.05) is 6.92 Å². The highest BCUT2D eigenvalue weighted by molar-refractivity contribution is 7.91. The summed E-state index contributed by atoms with van der Waals surface area (Å²) in [5.74, 6) is 0.321. The number of hydrogen-bond donors (Lipinski definition) is 0. The van der Waals surface area contributed by atoms with Crippen LogP contribution in [0.5, 0.6) is 0 Å². The van der Waals surface area contributed by atoms with Gasteiger partial charge in [-0.15, -0.1) is 0 Å². The molecule has 0 radical (unpaired) electrons. The monoisotopic (exact) mass is 244 g/mol. The molecule has 2 aliphatic rings. The maximum absolute atomic E-state index is 12.2. The Hall–Kier alpha value is -0.380. The zero-order valence-electron chi connectivity index (χ0n) is 10.0. The van der Waals surface area contributed by atoms with Gasteiger partial charge in [0.1, 0.15) is 15.6 Å². The van der Waals surface area contributed by atoms with E-state index in [2.05, 4.69) is 0 Å². The molecule has 0 bridgehead atoms. The van der Waals surface area contributed by atoms with Crippen molar-refractivity contribution in [3.05, 3.63) is 0 Å². The van der Waals surface area contributed by atoms with Gasteiger partial charge < -0.3 is 0 Å². The van der Waals surface area contributed by atoms with Crippen molar-refractivity contribution in [1.82, 2.24) is 0 Å². The zero-order chi connectivity index (χ0) is 12.0. The van der Waals surface area contributed by atoms with Gasteiger partial charge in [0.15, 0.2) is 0 Å². The molecule has 2 rings (SSSR count). The third-order valence-electron chi connectivity index (χ3n) is 4.20. The van der Waals surface area contributed by atoms with Crippen molar-refractivity contribution in [2.45, 2.75) is 50.7 Å². The Labute approximate surface area is 97.5 Å². The van der Waals surface area contributed by atoms with Crippen LogP contribution in [0.25, 0.3) is 0 Å². The van der Waals surface area contributed by atoms with Gasteiger partial charge in [0, 0.05) is 17.6 Å². The average Bonchev–Trinajstić information content (AvgIpc) is 2.96. The van der Waals surface area contributed by atoms with Crippen LogP contribution in [0.3, 0.4) is 0 Å². The summed E-state index contributed by atoms with van der Waals surface area (Å²) in [4.78, 5) is 12.2. The van der Waals surface area contributed by atoms with Gasteiger partial charge in [0.2, 0.25) is 0 Å². The van der Waals surface area contributed by atoms with Crippen LogP contribution in [-0.2, 0) is 14.6 Å². The first-order valence-electron chi connectivity index (χ1n) is 6.06. The van der Waals surface area contributed by atoms with Crippen LogP contribution in [0.4, 0.5) is 0 Å². The van der Waals surface area contributed by atoms with Gasteiger partial charge in [0.05, 0.1) is 5.25 Å². The number of sulfone groups is 1. The van der Waals surface area contributed by atoms with E-state index in [1.165, 1.54) is 6.26 Å². The van der Waals surface area contributed by atoms with E-state index >= 15 is 0 Å². The Morgan fingerprint density at radius 2 is 1.88 bits per heavy atom. The van der Waals surface area contributed by atoms with Gasteiger partial charge in [-0.05, 0) is 32.1 Å². The summed E-state index contributed by atoms with van der Waals surface area (Å²) < 4.78 is 23.0. The normalized spacial score (nSPS) is 33.4. The molecular weight excluding hydrogens is 224 g/mol. The van der Waals surface area contributed by atoms with E-state index < -0.39 is 9.84 Å². The molecule has 0 spiro atoms. The lowest BCUT2D eigenvalue weighted by Crippen LogP contribution is -2.33. The molecule has 0 amide bonds. The fraction of sp³-hybridized carbons (Fsp3) is 0.917.